The van der Waals surface area contributed by atoms with Gasteiger partial charge in [-0.3, -0.25) is 4.79 Å². The second-order valence-electron chi connectivity index (χ2n) is 4.78. The molecule has 2 aromatic rings. The second-order valence-corrected chi connectivity index (χ2v) is 4.78. The van der Waals surface area contributed by atoms with Crippen molar-refractivity contribution in [2.45, 2.75) is 18.9 Å². The van der Waals surface area contributed by atoms with Gasteiger partial charge in [0.05, 0.1) is 0 Å². The Morgan fingerprint density at radius 3 is 3.11 bits per heavy atom. The number of carbonyl (C=O) groups excluding carboxylic acids is 1. The maximum absolute atomic E-state index is 11.6. The molecule has 3 heterocycles. The molecule has 0 saturated carbocycles. The first-order valence-electron chi connectivity index (χ1n) is 6.17. The van der Waals surface area contributed by atoms with E-state index in [1.807, 2.05) is 21.6 Å². The lowest BCUT2D eigenvalue weighted by atomic mass is 10.2. The lowest BCUT2D eigenvalue weighted by molar-refractivity contribution is -0.127. The van der Waals surface area contributed by atoms with E-state index in [1.54, 1.807) is 6.20 Å². The molecule has 3 rings (SSSR count). The summed E-state index contributed by atoms with van der Waals surface area (Å²) >= 11 is 0. The lowest BCUT2D eigenvalue weighted by Gasteiger charge is -2.15. The van der Waals surface area contributed by atoms with Crippen molar-refractivity contribution in [2.75, 3.05) is 13.1 Å². The first-order valence-corrected chi connectivity index (χ1v) is 6.17. The number of hydrogen-bond donors (Lipinski definition) is 1. The zero-order chi connectivity index (χ0) is 12.5. The summed E-state index contributed by atoms with van der Waals surface area (Å²) in [6.07, 6.45) is 7.10. The van der Waals surface area contributed by atoms with Gasteiger partial charge in [0.2, 0.25) is 5.91 Å². The van der Waals surface area contributed by atoms with Crippen LogP contribution in [0.3, 0.4) is 0 Å². The second kappa shape index (κ2) is 4.42. The third kappa shape index (κ3) is 2.09. The van der Waals surface area contributed by atoms with Gasteiger partial charge in [-0.05, 0) is 18.1 Å². The number of nitrogens with two attached hydrogens (primary N) is 1. The van der Waals surface area contributed by atoms with Crippen LogP contribution in [0.1, 0.15) is 12.0 Å². The highest BCUT2D eigenvalue weighted by atomic mass is 16.2. The van der Waals surface area contributed by atoms with Crippen LogP contribution in [0, 0.1) is 0 Å². The number of pyridine rings is 1. The van der Waals surface area contributed by atoms with Crippen LogP contribution in [-0.2, 0) is 11.2 Å². The molecule has 1 fully saturated rings. The standard InChI is InChI=1S/C13H16N4O/c14-11-7-13(18)17(9-11)5-3-10-1-2-12-15-4-6-16(12)8-10/h1-2,4,6,8,11H,3,5,7,9,14H2. The minimum absolute atomic E-state index is 0.00799. The van der Waals surface area contributed by atoms with Gasteiger partial charge in [0, 0.05) is 44.1 Å². The molecule has 2 N–H and O–H groups in total. The van der Waals surface area contributed by atoms with E-state index >= 15 is 0 Å². The number of nitrogens with zero attached hydrogens (tertiary/aromatic N) is 3. The summed E-state index contributed by atoms with van der Waals surface area (Å²) in [6.45, 7) is 1.43. The Labute approximate surface area is 105 Å². The van der Waals surface area contributed by atoms with Crippen LogP contribution >= 0.6 is 0 Å². The summed E-state index contributed by atoms with van der Waals surface area (Å²) in [5, 5.41) is 0. The van der Waals surface area contributed by atoms with Crippen LogP contribution in [0.25, 0.3) is 5.65 Å². The summed E-state index contributed by atoms with van der Waals surface area (Å²) in [6, 6.07) is 4.06. The Balaban J connectivity index is 1.67. The number of fused-ring (bicyclic) bond motifs is 1. The number of imidazole rings is 1. The molecule has 5 nitrogen and oxygen atoms in total. The minimum atomic E-state index is 0.00799. The van der Waals surface area contributed by atoms with E-state index in [0.717, 1.165) is 18.6 Å². The summed E-state index contributed by atoms with van der Waals surface area (Å²) < 4.78 is 1.99. The number of hydrogen-bond acceptors (Lipinski definition) is 3. The minimum Gasteiger partial charge on any atom is -0.341 e. The average Bonchev–Trinajstić information content (AvgIpc) is 2.92. The van der Waals surface area contributed by atoms with Gasteiger partial charge in [-0.1, -0.05) is 6.07 Å². The SMILES string of the molecule is NC1CC(=O)N(CCc2ccc3nccn3c2)C1. The van der Waals surface area contributed by atoms with Crippen LogP contribution in [0.4, 0.5) is 0 Å². The van der Waals surface area contributed by atoms with Crippen molar-refractivity contribution in [3.63, 3.8) is 0 Å². The number of carbonyl (C=O) groups is 1. The van der Waals surface area contributed by atoms with Crippen molar-refractivity contribution < 1.29 is 4.79 Å². The predicted octanol–water partition coefficient (Wildman–Crippen LogP) is 0.436. The molecule has 2 aromatic heterocycles. The molecule has 18 heavy (non-hydrogen) atoms. The average molecular weight is 244 g/mol. The van der Waals surface area contributed by atoms with E-state index in [1.165, 1.54) is 5.56 Å². The fraction of sp³-hybridized carbons (Fsp3) is 0.385. The molecule has 1 atom stereocenters. The summed E-state index contributed by atoms with van der Waals surface area (Å²) in [5.41, 5.74) is 7.92. The van der Waals surface area contributed by atoms with Gasteiger partial charge in [0.25, 0.3) is 0 Å². The highest BCUT2D eigenvalue weighted by molar-refractivity contribution is 5.79. The van der Waals surface area contributed by atoms with Crippen LogP contribution in [0.15, 0.2) is 30.7 Å². The number of rotatable bonds is 3. The van der Waals surface area contributed by atoms with Crippen LogP contribution in [0.5, 0.6) is 0 Å². The molecule has 1 amide bonds. The van der Waals surface area contributed by atoms with Gasteiger partial charge in [-0.25, -0.2) is 4.98 Å². The topological polar surface area (TPSA) is 63.6 Å². The Kier molecular flexibility index (Phi) is 2.76. The van der Waals surface area contributed by atoms with E-state index in [9.17, 15) is 4.79 Å². The molecule has 5 heteroatoms. The molecule has 1 saturated heterocycles. The maximum atomic E-state index is 11.6. The van der Waals surface area contributed by atoms with Crippen molar-refractivity contribution in [3.8, 4) is 0 Å². The van der Waals surface area contributed by atoms with Gasteiger partial charge in [0.15, 0.2) is 0 Å². The molecule has 0 aromatic carbocycles. The van der Waals surface area contributed by atoms with Crippen LogP contribution < -0.4 is 5.73 Å². The first kappa shape index (κ1) is 11.2. The highest BCUT2D eigenvalue weighted by Crippen LogP contribution is 2.11. The summed E-state index contributed by atoms with van der Waals surface area (Å²) in [4.78, 5) is 17.7. The summed E-state index contributed by atoms with van der Waals surface area (Å²) in [5.74, 6) is 0.172. The van der Waals surface area contributed by atoms with Crippen LogP contribution in [-0.4, -0.2) is 39.3 Å². The van der Waals surface area contributed by atoms with Crippen molar-refractivity contribution in [3.05, 3.63) is 36.3 Å². The summed E-state index contributed by atoms with van der Waals surface area (Å²) in [7, 11) is 0. The Morgan fingerprint density at radius 2 is 2.33 bits per heavy atom. The molecule has 0 radical (unpaired) electrons. The van der Waals surface area contributed by atoms with E-state index in [-0.39, 0.29) is 11.9 Å². The van der Waals surface area contributed by atoms with Gasteiger partial charge in [-0.15, -0.1) is 0 Å². The fourth-order valence-corrected chi connectivity index (χ4v) is 2.40. The fourth-order valence-electron chi connectivity index (χ4n) is 2.40. The first-order chi connectivity index (χ1) is 8.72. The third-order valence-electron chi connectivity index (χ3n) is 3.36. The quantitative estimate of drug-likeness (QED) is 0.852. The predicted molar refractivity (Wildman–Crippen MR) is 68.1 cm³/mol. The monoisotopic (exact) mass is 244 g/mol. The Morgan fingerprint density at radius 1 is 1.44 bits per heavy atom. The number of amides is 1. The van der Waals surface area contributed by atoms with Gasteiger partial charge in [0.1, 0.15) is 5.65 Å². The van der Waals surface area contributed by atoms with Crippen molar-refractivity contribution >= 4 is 11.6 Å². The van der Waals surface area contributed by atoms with Crippen LogP contribution in [0.2, 0.25) is 0 Å². The lowest BCUT2D eigenvalue weighted by Crippen LogP contribution is -2.30. The van der Waals surface area contributed by atoms with E-state index in [0.29, 0.717) is 13.0 Å². The van der Waals surface area contributed by atoms with Crippen molar-refractivity contribution in [1.29, 1.82) is 0 Å². The smallest absolute Gasteiger partial charge is 0.224 e. The molecule has 0 spiro atoms. The Bertz CT molecular complexity index is 577. The maximum Gasteiger partial charge on any atom is 0.224 e. The largest absolute Gasteiger partial charge is 0.341 e. The van der Waals surface area contributed by atoms with E-state index in [4.69, 9.17) is 5.73 Å². The molecule has 1 aliphatic rings. The van der Waals surface area contributed by atoms with Gasteiger partial charge >= 0.3 is 0 Å². The number of aromatic nitrogens is 2. The third-order valence-corrected chi connectivity index (χ3v) is 3.36. The molecule has 1 aliphatic heterocycles. The molecular formula is C13H16N4O. The van der Waals surface area contributed by atoms with E-state index in [2.05, 4.69) is 17.2 Å². The molecule has 0 aliphatic carbocycles. The van der Waals surface area contributed by atoms with Crippen molar-refractivity contribution in [1.82, 2.24) is 14.3 Å². The zero-order valence-electron chi connectivity index (χ0n) is 10.1. The van der Waals surface area contributed by atoms with Crippen molar-refractivity contribution in [2.24, 2.45) is 5.73 Å². The highest BCUT2D eigenvalue weighted by Gasteiger charge is 2.26. The number of likely N-dealkylation sites (tertiary alicyclic amines) is 1. The van der Waals surface area contributed by atoms with Gasteiger partial charge in [-0.2, -0.15) is 0 Å². The normalized spacial score (nSPS) is 19.9. The molecule has 0 bridgehead atoms. The van der Waals surface area contributed by atoms with Gasteiger partial charge < -0.3 is 15.0 Å². The van der Waals surface area contributed by atoms with E-state index < -0.39 is 0 Å². The molecular weight excluding hydrogens is 228 g/mol. The Hall–Kier alpha value is -1.88. The zero-order valence-corrected chi connectivity index (χ0v) is 10.1. The molecule has 1 unspecified atom stereocenters. The molecule has 94 valence electrons.